The van der Waals surface area contributed by atoms with Crippen molar-refractivity contribution in [2.75, 3.05) is 0 Å². The third-order valence-corrected chi connectivity index (χ3v) is 11.0. The van der Waals surface area contributed by atoms with E-state index < -0.39 is 0 Å². The van der Waals surface area contributed by atoms with Gasteiger partial charge in [-0.2, -0.15) is 12.1 Å². The van der Waals surface area contributed by atoms with Crippen LogP contribution in [0, 0.1) is 42.5 Å². The molecule has 256 valence electrons. The summed E-state index contributed by atoms with van der Waals surface area (Å²) < 4.78 is 0. The number of benzene rings is 6. The second-order valence-electron chi connectivity index (χ2n) is 14.3. The second-order valence-corrected chi connectivity index (χ2v) is 14.3. The molecule has 0 N–H and O–H groups in total. The number of rotatable bonds is 6. The van der Waals surface area contributed by atoms with Gasteiger partial charge in [0.1, 0.15) is 0 Å². The van der Waals surface area contributed by atoms with Crippen LogP contribution in [-0.4, -0.2) is 0 Å². The average Bonchev–Trinajstić information content (AvgIpc) is 3.76. The van der Waals surface area contributed by atoms with Crippen molar-refractivity contribution < 1.29 is 25.8 Å². The molecule has 0 aliphatic rings. The Bertz CT molecular complexity index is 2310. The predicted molar refractivity (Wildman–Crippen MR) is 225 cm³/mol. The Balaban J connectivity index is 0.00000174. The Morgan fingerprint density at radius 3 is 1.19 bits per heavy atom. The van der Waals surface area contributed by atoms with Crippen molar-refractivity contribution in [1.29, 1.82) is 0 Å². The average molecular weight is 839 g/mol. The number of hydrogen-bond donors (Lipinski definition) is 0. The first kappa shape index (κ1) is 38.6. The van der Waals surface area contributed by atoms with E-state index in [-0.39, 0.29) is 46.1 Å². The SMILES string of the molecule is Cc1ccc(-c2cccc3[cH-]c(C(C)(C)c4cc5c(-c6ccc(C)c(-c7ccccc7)c6C)cccc5[cH-]4)cc23)c(C)c1-c1ccccc1.[CH3-].[CH3-].[Hf+4]. The summed E-state index contributed by atoms with van der Waals surface area (Å²) >= 11 is 0. The second kappa shape index (κ2) is 15.2. The van der Waals surface area contributed by atoms with Crippen LogP contribution in [0.5, 0.6) is 0 Å². The topological polar surface area (TPSA) is 0 Å². The van der Waals surface area contributed by atoms with E-state index >= 15 is 0 Å². The van der Waals surface area contributed by atoms with Crippen LogP contribution in [0.15, 0.2) is 146 Å². The van der Waals surface area contributed by atoms with Crippen molar-refractivity contribution in [2.45, 2.75) is 47.0 Å². The van der Waals surface area contributed by atoms with E-state index in [4.69, 9.17) is 0 Å². The van der Waals surface area contributed by atoms with E-state index in [0.717, 1.165) is 0 Å². The van der Waals surface area contributed by atoms with Gasteiger partial charge >= 0.3 is 25.8 Å². The molecule has 1 heteroatoms. The van der Waals surface area contributed by atoms with Crippen molar-refractivity contribution in [3.05, 3.63) is 194 Å². The van der Waals surface area contributed by atoms with Crippen LogP contribution >= 0.6 is 0 Å². The van der Waals surface area contributed by atoms with Gasteiger partial charge in [0.2, 0.25) is 0 Å². The molecule has 0 amide bonds. The molecule has 0 saturated heterocycles. The Morgan fingerprint density at radius 1 is 0.423 bits per heavy atom. The van der Waals surface area contributed by atoms with E-state index in [1.807, 2.05) is 0 Å². The largest absolute Gasteiger partial charge is 4.00 e. The van der Waals surface area contributed by atoms with Gasteiger partial charge in [0, 0.05) is 0 Å². The molecule has 0 aromatic heterocycles. The van der Waals surface area contributed by atoms with Gasteiger partial charge in [-0.05, 0) is 88.7 Å². The van der Waals surface area contributed by atoms with Crippen LogP contribution in [0.25, 0.3) is 66.1 Å². The molecule has 8 aromatic carbocycles. The Labute approximate surface area is 330 Å². The summed E-state index contributed by atoms with van der Waals surface area (Å²) in [7, 11) is 0. The van der Waals surface area contributed by atoms with Gasteiger partial charge in [0.05, 0.1) is 0 Å². The van der Waals surface area contributed by atoms with Crippen molar-refractivity contribution in [2.24, 2.45) is 0 Å². The summed E-state index contributed by atoms with van der Waals surface area (Å²) in [6.45, 7) is 13.8. The van der Waals surface area contributed by atoms with Crippen molar-refractivity contribution >= 4 is 21.5 Å². The molecule has 0 nitrogen and oxygen atoms in total. The molecule has 0 aliphatic carbocycles. The van der Waals surface area contributed by atoms with Gasteiger partial charge in [-0.15, -0.1) is 69.1 Å². The molecule has 0 radical (unpaired) electrons. The van der Waals surface area contributed by atoms with Gasteiger partial charge in [0.15, 0.2) is 0 Å². The fraction of sp³-hybridized carbons (Fsp3) is 0.137. The van der Waals surface area contributed by atoms with E-state index in [1.165, 1.54) is 99.4 Å². The van der Waals surface area contributed by atoms with Crippen molar-refractivity contribution in [3.63, 3.8) is 0 Å². The van der Waals surface area contributed by atoms with E-state index in [0.29, 0.717) is 0 Å². The molecule has 0 atom stereocenters. The van der Waals surface area contributed by atoms with Crippen LogP contribution in [0.4, 0.5) is 0 Å². The van der Waals surface area contributed by atoms with Gasteiger partial charge in [0.25, 0.3) is 0 Å². The molecule has 8 aromatic rings. The molecule has 0 spiro atoms. The Hall–Kier alpha value is -4.59. The van der Waals surface area contributed by atoms with Gasteiger partial charge in [-0.3, -0.25) is 0 Å². The van der Waals surface area contributed by atoms with Crippen LogP contribution < -0.4 is 0 Å². The molecule has 0 bridgehead atoms. The number of aryl methyl sites for hydroxylation is 2. The molecule has 0 aliphatic heterocycles. The predicted octanol–water partition coefficient (Wildman–Crippen LogP) is 14.6. The van der Waals surface area contributed by atoms with Crippen LogP contribution in [0.1, 0.15) is 47.2 Å². The van der Waals surface area contributed by atoms with Gasteiger partial charge in [-0.25, -0.2) is 0 Å². The van der Waals surface area contributed by atoms with Crippen molar-refractivity contribution in [3.8, 4) is 44.5 Å². The van der Waals surface area contributed by atoms with Crippen LogP contribution in [0.2, 0.25) is 0 Å². The molecule has 52 heavy (non-hydrogen) atoms. The summed E-state index contributed by atoms with van der Waals surface area (Å²) in [5.74, 6) is 0. The maximum absolute atomic E-state index is 2.45. The van der Waals surface area contributed by atoms with Gasteiger partial charge < -0.3 is 14.9 Å². The summed E-state index contributed by atoms with van der Waals surface area (Å²) in [4.78, 5) is 0. The first-order chi connectivity index (χ1) is 23.7. The quantitative estimate of drug-likeness (QED) is 0.116. The van der Waals surface area contributed by atoms with Crippen LogP contribution in [0.3, 0.4) is 0 Å². The monoisotopic (exact) mass is 840 g/mol. The third-order valence-electron chi connectivity index (χ3n) is 11.0. The number of hydrogen-bond acceptors (Lipinski definition) is 0. The minimum absolute atomic E-state index is 0. The summed E-state index contributed by atoms with van der Waals surface area (Å²) in [6, 6.07) is 54.1. The number of fused-ring (bicyclic) bond motifs is 2. The van der Waals surface area contributed by atoms with E-state index in [9.17, 15) is 0 Å². The minimum Gasteiger partial charge on any atom is -0.358 e. The molecule has 8 rings (SSSR count). The third kappa shape index (κ3) is 6.50. The van der Waals surface area contributed by atoms with E-state index in [1.54, 1.807) is 0 Å². The molecule has 0 heterocycles. The van der Waals surface area contributed by atoms with Crippen LogP contribution in [-0.2, 0) is 31.3 Å². The fourth-order valence-electron chi connectivity index (χ4n) is 8.20. The summed E-state index contributed by atoms with van der Waals surface area (Å²) in [5.41, 5.74) is 18.2. The zero-order valence-corrected chi connectivity index (χ0v) is 35.4. The Kier molecular flexibility index (Phi) is 11.3. The standard InChI is InChI=1S/C49H42.2CH3.Hf/c1-31-23-25-41(33(3)47(31)35-15-9-7-10-16-35)43-21-13-19-37-27-39(29-45(37)43)49(5,6)40-28-38-20-14-22-44(46(38)30-40)42-26-24-32(2)48(34(42)4)36-17-11-8-12-18-36;;;/h7-30H,1-6H3;2*1H3;/q-2;2*-1;+4. The van der Waals surface area contributed by atoms with E-state index in [2.05, 4.69) is 187 Å². The first-order valence-corrected chi connectivity index (χ1v) is 17.4. The van der Waals surface area contributed by atoms with Gasteiger partial charge in [-0.1, -0.05) is 122 Å². The van der Waals surface area contributed by atoms with Crippen molar-refractivity contribution in [1.82, 2.24) is 0 Å². The molecular weight excluding hydrogens is 791 g/mol. The normalized spacial score (nSPS) is 11.2. The Morgan fingerprint density at radius 2 is 0.808 bits per heavy atom. The smallest absolute Gasteiger partial charge is 0.358 e. The summed E-state index contributed by atoms with van der Waals surface area (Å²) in [5, 5.41) is 5.22. The maximum Gasteiger partial charge on any atom is 4.00 e. The zero-order valence-electron chi connectivity index (χ0n) is 31.9. The molecular formula is C51H48Hf. The first-order valence-electron chi connectivity index (χ1n) is 17.4. The summed E-state index contributed by atoms with van der Waals surface area (Å²) in [6.07, 6.45) is 0. The fourth-order valence-corrected chi connectivity index (χ4v) is 8.20. The molecule has 0 saturated carbocycles. The maximum atomic E-state index is 2.45. The molecule has 0 fully saturated rings. The minimum atomic E-state index is -0.179. The molecule has 0 unspecified atom stereocenters. The zero-order chi connectivity index (χ0) is 33.9.